The minimum atomic E-state index is 0.0359. The standard InChI is InChI=1S/C13H14BrN3O2/c14-10-3-1-2-9(6-10)7-12-16-13(17-19-12)11-8-18-5-4-15-11/h1-3,6,11,15H,4-5,7-8H2/t11-/m0/s1. The van der Waals surface area contributed by atoms with Crippen LogP contribution in [0, 0.1) is 0 Å². The molecule has 2 heterocycles. The summed E-state index contributed by atoms with van der Waals surface area (Å²) >= 11 is 3.45. The minimum Gasteiger partial charge on any atom is -0.378 e. The van der Waals surface area contributed by atoms with Gasteiger partial charge in [-0.3, -0.25) is 0 Å². The van der Waals surface area contributed by atoms with Gasteiger partial charge >= 0.3 is 0 Å². The Morgan fingerprint density at radius 3 is 3.16 bits per heavy atom. The fourth-order valence-electron chi connectivity index (χ4n) is 2.03. The molecular weight excluding hydrogens is 310 g/mol. The van der Waals surface area contributed by atoms with Crippen molar-refractivity contribution in [1.82, 2.24) is 15.5 Å². The fraction of sp³-hybridized carbons (Fsp3) is 0.385. The molecule has 1 aromatic carbocycles. The molecule has 0 amide bonds. The van der Waals surface area contributed by atoms with E-state index in [4.69, 9.17) is 9.26 Å². The molecular formula is C13H14BrN3O2. The first kappa shape index (κ1) is 12.8. The first-order valence-corrected chi connectivity index (χ1v) is 6.98. The zero-order valence-corrected chi connectivity index (χ0v) is 11.9. The molecule has 0 unspecified atom stereocenters. The summed E-state index contributed by atoms with van der Waals surface area (Å²) < 4.78 is 11.7. The van der Waals surface area contributed by atoms with E-state index in [1.54, 1.807) is 0 Å². The highest BCUT2D eigenvalue weighted by molar-refractivity contribution is 9.10. The predicted molar refractivity (Wildman–Crippen MR) is 72.8 cm³/mol. The van der Waals surface area contributed by atoms with E-state index in [1.165, 1.54) is 0 Å². The molecule has 1 atom stereocenters. The molecule has 0 aliphatic carbocycles. The maximum absolute atomic E-state index is 5.39. The fourth-order valence-corrected chi connectivity index (χ4v) is 2.48. The van der Waals surface area contributed by atoms with E-state index in [9.17, 15) is 0 Å². The van der Waals surface area contributed by atoms with Gasteiger partial charge in [-0.1, -0.05) is 33.2 Å². The van der Waals surface area contributed by atoms with E-state index in [0.717, 1.165) is 23.2 Å². The van der Waals surface area contributed by atoms with Crippen molar-refractivity contribution >= 4 is 15.9 Å². The van der Waals surface area contributed by atoms with Gasteiger partial charge in [0, 0.05) is 11.0 Å². The van der Waals surface area contributed by atoms with E-state index >= 15 is 0 Å². The zero-order valence-electron chi connectivity index (χ0n) is 10.3. The molecule has 3 rings (SSSR count). The van der Waals surface area contributed by atoms with Crippen LogP contribution < -0.4 is 5.32 Å². The van der Waals surface area contributed by atoms with Crippen molar-refractivity contribution in [3.8, 4) is 0 Å². The Balaban J connectivity index is 1.70. The van der Waals surface area contributed by atoms with Crippen molar-refractivity contribution in [2.75, 3.05) is 19.8 Å². The molecule has 1 N–H and O–H groups in total. The molecule has 1 aliphatic heterocycles. The molecule has 6 heteroatoms. The lowest BCUT2D eigenvalue weighted by Gasteiger charge is -2.20. The van der Waals surface area contributed by atoms with Gasteiger partial charge < -0.3 is 14.6 Å². The first-order valence-electron chi connectivity index (χ1n) is 6.19. The number of rotatable bonds is 3. The van der Waals surface area contributed by atoms with Gasteiger partial charge in [0.1, 0.15) is 0 Å². The van der Waals surface area contributed by atoms with Gasteiger partial charge in [0.2, 0.25) is 5.89 Å². The lowest BCUT2D eigenvalue weighted by atomic mass is 10.1. The number of benzene rings is 1. The van der Waals surface area contributed by atoms with Crippen molar-refractivity contribution in [2.24, 2.45) is 0 Å². The minimum absolute atomic E-state index is 0.0359. The maximum atomic E-state index is 5.39. The van der Waals surface area contributed by atoms with Gasteiger partial charge in [-0.05, 0) is 17.7 Å². The Hall–Kier alpha value is -1.24. The summed E-state index contributed by atoms with van der Waals surface area (Å²) in [6, 6.07) is 8.11. The Kier molecular flexibility index (Phi) is 3.91. The molecule has 1 aliphatic rings. The Bertz CT molecular complexity index is 552. The molecule has 1 saturated heterocycles. The third-order valence-corrected chi connectivity index (χ3v) is 3.45. The molecule has 1 aromatic heterocycles. The lowest BCUT2D eigenvalue weighted by Crippen LogP contribution is -2.35. The highest BCUT2D eigenvalue weighted by Gasteiger charge is 2.20. The van der Waals surface area contributed by atoms with Crippen molar-refractivity contribution in [2.45, 2.75) is 12.5 Å². The molecule has 19 heavy (non-hydrogen) atoms. The van der Waals surface area contributed by atoms with Gasteiger partial charge in [-0.25, -0.2) is 0 Å². The Morgan fingerprint density at radius 2 is 2.37 bits per heavy atom. The smallest absolute Gasteiger partial charge is 0.231 e. The molecule has 2 aromatic rings. The monoisotopic (exact) mass is 323 g/mol. The SMILES string of the molecule is Brc1cccc(Cc2nc([C@@H]3COCCN3)no2)c1. The molecule has 1 fully saturated rings. The van der Waals surface area contributed by atoms with Crippen LogP contribution in [0.3, 0.4) is 0 Å². The lowest BCUT2D eigenvalue weighted by molar-refractivity contribution is 0.0734. The van der Waals surface area contributed by atoms with Crippen LogP contribution in [0.2, 0.25) is 0 Å². The number of morpholine rings is 1. The maximum Gasteiger partial charge on any atom is 0.231 e. The Morgan fingerprint density at radius 1 is 1.42 bits per heavy atom. The molecule has 0 radical (unpaired) electrons. The van der Waals surface area contributed by atoms with Gasteiger partial charge in [-0.15, -0.1) is 0 Å². The van der Waals surface area contributed by atoms with Gasteiger partial charge in [0.15, 0.2) is 5.82 Å². The van der Waals surface area contributed by atoms with Crippen LogP contribution in [0.1, 0.15) is 23.3 Å². The summed E-state index contributed by atoms with van der Waals surface area (Å²) in [4.78, 5) is 4.42. The first-order chi connectivity index (χ1) is 9.31. The number of ether oxygens (including phenoxy) is 1. The van der Waals surface area contributed by atoms with Crippen molar-refractivity contribution < 1.29 is 9.26 Å². The summed E-state index contributed by atoms with van der Waals surface area (Å²) in [7, 11) is 0. The van der Waals surface area contributed by atoms with Crippen LogP contribution in [0.4, 0.5) is 0 Å². The van der Waals surface area contributed by atoms with Crippen LogP contribution >= 0.6 is 15.9 Å². The van der Waals surface area contributed by atoms with E-state index in [2.05, 4.69) is 31.4 Å². The molecule has 100 valence electrons. The van der Waals surface area contributed by atoms with Crippen molar-refractivity contribution in [3.05, 3.63) is 46.0 Å². The van der Waals surface area contributed by atoms with E-state index in [-0.39, 0.29) is 6.04 Å². The molecule has 0 saturated carbocycles. The summed E-state index contributed by atoms with van der Waals surface area (Å²) in [6.07, 6.45) is 0.639. The second kappa shape index (κ2) is 5.81. The van der Waals surface area contributed by atoms with Gasteiger partial charge in [0.05, 0.1) is 25.7 Å². The number of aromatic nitrogens is 2. The third-order valence-electron chi connectivity index (χ3n) is 2.96. The van der Waals surface area contributed by atoms with Crippen molar-refractivity contribution in [1.29, 1.82) is 0 Å². The number of nitrogens with zero attached hydrogens (tertiary/aromatic N) is 2. The number of hydrogen-bond donors (Lipinski definition) is 1. The molecule has 0 spiro atoms. The average Bonchev–Trinajstić information content (AvgIpc) is 2.88. The summed E-state index contributed by atoms with van der Waals surface area (Å²) in [5, 5.41) is 7.32. The topological polar surface area (TPSA) is 60.2 Å². The molecule has 5 nitrogen and oxygen atoms in total. The van der Waals surface area contributed by atoms with Crippen LogP contribution in [0.5, 0.6) is 0 Å². The highest BCUT2D eigenvalue weighted by Crippen LogP contribution is 2.16. The van der Waals surface area contributed by atoms with Crippen LogP contribution in [0.15, 0.2) is 33.3 Å². The van der Waals surface area contributed by atoms with Crippen LogP contribution in [-0.4, -0.2) is 29.9 Å². The summed E-state index contributed by atoms with van der Waals surface area (Å²) in [5.74, 6) is 1.30. The van der Waals surface area contributed by atoms with E-state index in [1.807, 2.05) is 24.3 Å². The predicted octanol–water partition coefficient (Wildman–Crippen LogP) is 2.08. The second-order valence-electron chi connectivity index (χ2n) is 4.43. The molecule has 0 bridgehead atoms. The van der Waals surface area contributed by atoms with Crippen molar-refractivity contribution in [3.63, 3.8) is 0 Å². The van der Waals surface area contributed by atoms with Crippen LogP contribution in [0.25, 0.3) is 0 Å². The zero-order chi connectivity index (χ0) is 13.1. The van der Waals surface area contributed by atoms with Gasteiger partial charge in [0.25, 0.3) is 0 Å². The Labute approximate surface area is 119 Å². The van der Waals surface area contributed by atoms with E-state index < -0.39 is 0 Å². The van der Waals surface area contributed by atoms with E-state index in [0.29, 0.717) is 24.7 Å². The highest BCUT2D eigenvalue weighted by atomic mass is 79.9. The normalized spacial score (nSPS) is 19.5. The van der Waals surface area contributed by atoms with Crippen LogP contribution in [-0.2, 0) is 11.2 Å². The number of hydrogen-bond acceptors (Lipinski definition) is 5. The second-order valence-corrected chi connectivity index (χ2v) is 5.35. The number of nitrogens with one attached hydrogen (secondary N) is 1. The summed E-state index contributed by atoms with van der Waals surface area (Å²) in [6.45, 7) is 2.15. The average molecular weight is 324 g/mol. The largest absolute Gasteiger partial charge is 0.378 e. The quantitative estimate of drug-likeness (QED) is 0.937. The van der Waals surface area contributed by atoms with Gasteiger partial charge in [-0.2, -0.15) is 4.98 Å². The third kappa shape index (κ3) is 3.20. The summed E-state index contributed by atoms with van der Waals surface area (Å²) in [5.41, 5.74) is 1.14. The number of halogens is 1.